The topological polar surface area (TPSA) is 617 Å². The van der Waals surface area contributed by atoms with Crippen molar-refractivity contribution in [3.8, 4) is 17.2 Å². The van der Waals surface area contributed by atoms with Gasteiger partial charge in [-0.05, 0) is 220 Å². The van der Waals surface area contributed by atoms with Gasteiger partial charge in [-0.1, -0.05) is 122 Å². The number of nitrogens with two attached hydrogens (primary N) is 3. The number of hydrogen-bond donors (Lipinski definition) is 26. The Bertz CT molecular complexity index is 3050. The third kappa shape index (κ3) is 37.2. The fourth-order valence-corrected chi connectivity index (χ4v) is 18.5. The molecule has 33 nitrogen and oxygen atoms in total. The SMILES string of the molecule is C.CCCCC[C@H](O)CC[C@@H]1[C@H]2Cc3cccc(OCC(=O)O)c3C[C@H]2C[C@H]1O.CCCCC[C@H](O)CC[C@@H]1[C@H]2Cc3cccc(OCC(=O)O)c3C[C@H]2C[C@H]1O.CCCCC[C@H](O)CC[C@@H]1[C@H]2Cc3cccc(OCC(=O)[O-])c3C[C@H]2C[C@H]1O.C[NH2+]CC(O)C(O)C(O)C(O)CO.C[NH2+]CC(O)C(O)C(O)C(O)CO.C[NH2+]CC(O)C(O)C(O)C(O)CO. The highest BCUT2D eigenvalue weighted by Crippen LogP contribution is 2.52. The smallest absolute Gasteiger partial charge is 0.341 e. The molecule has 27 atom stereocenters. The molecule has 0 saturated heterocycles. The number of carbonyl (C=O) groups is 3. The van der Waals surface area contributed by atoms with Crippen LogP contribution in [0.3, 0.4) is 0 Å². The minimum atomic E-state index is -1.53. The highest BCUT2D eigenvalue weighted by molar-refractivity contribution is 5.69. The lowest BCUT2D eigenvalue weighted by Crippen LogP contribution is -2.83. The average molecular weight is 1780 g/mol. The van der Waals surface area contributed by atoms with E-state index in [9.17, 15) is 80.8 Å². The van der Waals surface area contributed by atoms with E-state index in [0.717, 1.165) is 190 Å². The minimum Gasteiger partial charge on any atom is -0.546 e. The van der Waals surface area contributed by atoms with Gasteiger partial charge in [0.05, 0.1) is 83.6 Å². The fourth-order valence-electron chi connectivity index (χ4n) is 18.5. The van der Waals surface area contributed by atoms with E-state index in [2.05, 4.69) is 39.0 Å². The van der Waals surface area contributed by atoms with Crippen LogP contribution < -0.4 is 35.3 Å². The van der Waals surface area contributed by atoms with Crippen molar-refractivity contribution in [1.29, 1.82) is 0 Å². The van der Waals surface area contributed by atoms with Crippen LogP contribution in [0.1, 0.15) is 196 Å². The number of likely N-dealkylation sites (N-methyl/N-ethyl adjacent to an activating group) is 3. The molecule has 3 saturated carbocycles. The summed E-state index contributed by atoms with van der Waals surface area (Å²) in [4.78, 5) is 32.4. The van der Waals surface area contributed by atoms with Gasteiger partial charge in [0.25, 0.3) is 0 Å². The van der Waals surface area contributed by atoms with Crippen molar-refractivity contribution in [2.75, 3.05) is 80.4 Å². The molecule has 716 valence electrons. The van der Waals surface area contributed by atoms with Crippen molar-refractivity contribution >= 4 is 17.9 Å². The maximum Gasteiger partial charge on any atom is 0.341 e. The number of ether oxygens (including phenoxy) is 3. The van der Waals surface area contributed by atoms with Gasteiger partial charge >= 0.3 is 11.9 Å². The van der Waals surface area contributed by atoms with Crippen LogP contribution in [0.5, 0.6) is 17.2 Å². The second kappa shape index (κ2) is 60.4. The molecule has 0 aromatic heterocycles. The monoisotopic (exact) mass is 1770 g/mol. The van der Waals surface area contributed by atoms with Crippen molar-refractivity contribution in [2.45, 2.75) is 311 Å². The summed E-state index contributed by atoms with van der Waals surface area (Å²) in [5, 5.41) is 231. The zero-order valence-corrected chi connectivity index (χ0v) is 73.1. The normalized spacial score (nSPS) is 24.9. The Morgan fingerprint density at radius 1 is 0.379 bits per heavy atom. The maximum absolute atomic E-state index is 10.8. The van der Waals surface area contributed by atoms with Gasteiger partial charge in [0, 0.05) is 0 Å². The van der Waals surface area contributed by atoms with Crippen molar-refractivity contribution in [1.82, 2.24) is 0 Å². The van der Waals surface area contributed by atoms with Gasteiger partial charge in [-0.3, -0.25) is 0 Å². The minimum absolute atomic E-state index is 0. The van der Waals surface area contributed by atoms with E-state index < -0.39 is 118 Å². The molecule has 124 heavy (non-hydrogen) atoms. The maximum atomic E-state index is 10.8. The van der Waals surface area contributed by atoms with Crippen molar-refractivity contribution in [2.24, 2.45) is 53.3 Å². The molecule has 12 unspecified atom stereocenters. The number of carboxylic acid groups (broad SMARTS) is 3. The van der Waals surface area contributed by atoms with E-state index in [1.165, 1.54) is 16.7 Å². The summed E-state index contributed by atoms with van der Waals surface area (Å²) in [6.45, 7) is 4.10. The van der Waals surface area contributed by atoms with Crippen LogP contribution in [0, 0.1) is 53.3 Å². The first-order valence-corrected chi connectivity index (χ1v) is 44.9. The number of aliphatic carboxylic acids is 3. The lowest BCUT2D eigenvalue weighted by molar-refractivity contribution is -0.635. The van der Waals surface area contributed by atoms with Gasteiger partial charge in [-0.25, -0.2) is 9.59 Å². The summed E-state index contributed by atoms with van der Waals surface area (Å²) in [7, 11) is 5.10. The third-order valence-electron chi connectivity index (χ3n) is 25.4. The van der Waals surface area contributed by atoms with Crippen LogP contribution in [-0.2, 0) is 52.9 Å². The number of carbonyl (C=O) groups excluding carboxylic acids is 1. The molecule has 0 radical (unpaired) electrons. The summed E-state index contributed by atoms with van der Waals surface area (Å²) in [5.41, 5.74) is 6.92. The predicted octanol–water partition coefficient (Wildman–Crippen LogP) is -3.10. The van der Waals surface area contributed by atoms with Crippen LogP contribution in [0.15, 0.2) is 54.6 Å². The third-order valence-corrected chi connectivity index (χ3v) is 25.4. The van der Waals surface area contributed by atoms with Crippen LogP contribution in [0.4, 0.5) is 0 Å². The zero-order chi connectivity index (χ0) is 91.6. The second-order valence-corrected chi connectivity index (χ2v) is 34.6. The van der Waals surface area contributed by atoms with E-state index >= 15 is 0 Å². The number of aliphatic hydroxyl groups is 21. The van der Waals surface area contributed by atoms with Gasteiger partial charge in [0.1, 0.15) is 117 Å². The number of aliphatic hydroxyl groups excluding tert-OH is 21. The molecule has 3 aromatic carbocycles. The quantitative estimate of drug-likeness (QED) is 0.0249. The van der Waals surface area contributed by atoms with Crippen LogP contribution in [0.2, 0.25) is 0 Å². The number of quaternary nitrogens is 3. The lowest BCUT2D eigenvalue weighted by atomic mass is 9.73. The highest BCUT2D eigenvalue weighted by atomic mass is 16.5. The molecular weight excluding hydrogens is 1610 g/mol. The predicted molar refractivity (Wildman–Crippen MR) is 458 cm³/mol. The summed E-state index contributed by atoms with van der Waals surface area (Å²) >= 11 is 0. The molecule has 0 amide bonds. The van der Waals surface area contributed by atoms with E-state index in [1.54, 1.807) is 37.1 Å². The van der Waals surface area contributed by atoms with Gasteiger partial charge in [0.2, 0.25) is 0 Å². The van der Waals surface area contributed by atoms with Gasteiger partial charge in [0.15, 0.2) is 13.2 Å². The number of carboxylic acids is 3. The standard InChI is InChI=1S/3C23H34O5.3C7H17NO5.CH4/c3*1-2-3-4-7-17(24)9-10-18-19-11-15-6-5-8-22(28-14-23(26)27)20(15)12-16(19)13-21(18)25;3*1-8-2-4(10)6(12)7(13)5(11)3-9;/h3*5-6,8,16-19,21,24-25H,2-4,7,9-14H2,1H3,(H,26,27);3*4-13H,2-3H2,1H3;1H4/p+2/t3*16-,17-,18+,19-,21+;;;;/m000..../s1. The molecule has 3 aromatic rings. The molecule has 9 rings (SSSR count). The van der Waals surface area contributed by atoms with E-state index in [0.29, 0.717) is 52.8 Å². The fraction of sp³-hybridized carbons (Fsp3) is 0.769. The largest absolute Gasteiger partial charge is 0.546 e. The van der Waals surface area contributed by atoms with Crippen molar-refractivity contribution in [3.05, 3.63) is 88.0 Å². The molecule has 6 aliphatic rings. The molecular formula is C91H159N3O30+2. The second-order valence-electron chi connectivity index (χ2n) is 34.6. The molecule has 0 heterocycles. The van der Waals surface area contributed by atoms with E-state index in [4.69, 9.17) is 70.4 Å². The number of unbranched alkanes of at least 4 members (excludes halogenated alkanes) is 6. The van der Waals surface area contributed by atoms with Crippen molar-refractivity contribution in [3.63, 3.8) is 0 Å². The Morgan fingerprint density at radius 3 is 0.855 bits per heavy atom. The molecule has 0 bridgehead atoms. The summed E-state index contributed by atoms with van der Waals surface area (Å²) in [6.07, 6.45) is 6.88. The molecule has 0 aliphatic heterocycles. The first-order valence-electron chi connectivity index (χ1n) is 44.9. The lowest BCUT2D eigenvalue weighted by Gasteiger charge is -2.32. The average Bonchev–Trinajstić information content (AvgIpc) is 1.65. The first-order chi connectivity index (χ1) is 58.6. The Hall–Kier alpha value is -5.49. The number of fused-ring (bicyclic) bond motifs is 6. The Labute approximate surface area is 732 Å². The van der Waals surface area contributed by atoms with Gasteiger partial charge in [-0.15, -0.1) is 0 Å². The zero-order valence-electron chi connectivity index (χ0n) is 73.1. The Morgan fingerprint density at radius 2 is 0.629 bits per heavy atom. The summed E-state index contributed by atoms with van der Waals surface area (Å²) in [6, 6.07) is 17.5. The van der Waals surface area contributed by atoms with Crippen molar-refractivity contribution < 1.29 is 167 Å². The van der Waals surface area contributed by atoms with Crippen LogP contribution >= 0.6 is 0 Å². The molecule has 29 N–H and O–H groups in total. The molecule has 3 fully saturated rings. The number of benzene rings is 3. The first kappa shape index (κ1) is 113. The van der Waals surface area contributed by atoms with Gasteiger partial charge < -0.3 is 158 Å². The highest BCUT2D eigenvalue weighted by Gasteiger charge is 2.48. The number of hydrogen-bond acceptors (Lipinski definition) is 28. The Kier molecular flexibility index (Phi) is 54.9. The summed E-state index contributed by atoms with van der Waals surface area (Å²) < 4.78 is 16.4. The summed E-state index contributed by atoms with van der Waals surface area (Å²) in [5.74, 6) is 1.98. The van der Waals surface area contributed by atoms with Gasteiger partial charge in [-0.2, -0.15) is 0 Å². The van der Waals surface area contributed by atoms with Crippen LogP contribution in [-0.4, -0.2) is 326 Å². The molecule has 6 aliphatic carbocycles. The van der Waals surface area contributed by atoms with Crippen LogP contribution in [0.25, 0.3) is 0 Å². The number of rotatable bonds is 48. The van der Waals surface area contributed by atoms with E-state index in [-0.39, 0.29) is 94.7 Å². The Balaban J connectivity index is 0.000000397. The molecule has 33 heteroatoms. The molecule has 0 spiro atoms. The van der Waals surface area contributed by atoms with E-state index in [1.807, 2.05) is 36.4 Å².